The Hall–Kier alpha value is -1.64. The van der Waals surface area contributed by atoms with Gasteiger partial charge in [-0.25, -0.2) is 4.79 Å². The first-order chi connectivity index (χ1) is 9.79. The van der Waals surface area contributed by atoms with Gasteiger partial charge in [0.25, 0.3) is 10.1 Å². The van der Waals surface area contributed by atoms with Gasteiger partial charge in [-0.3, -0.25) is 4.18 Å². The smallest absolute Gasteiger partial charge is 0.407 e. The lowest BCUT2D eigenvalue weighted by Gasteiger charge is -2.34. The van der Waals surface area contributed by atoms with E-state index in [-0.39, 0.29) is 24.4 Å². The number of nitrogens with zero attached hydrogens (tertiary/aromatic N) is 1. The highest BCUT2D eigenvalue weighted by Gasteiger charge is 2.33. The van der Waals surface area contributed by atoms with Crippen molar-refractivity contribution in [3.05, 3.63) is 29.8 Å². The SMILES string of the molecule is Cc1ccc(S(=O)(=O)OC2CCN(C(=O)O)CC2N)cc1. The van der Waals surface area contributed by atoms with E-state index in [1.54, 1.807) is 12.1 Å². The first-order valence-electron chi connectivity index (χ1n) is 6.53. The van der Waals surface area contributed by atoms with Gasteiger partial charge in [-0.1, -0.05) is 17.7 Å². The molecule has 1 aliphatic rings. The topological polar surface area (TPSA) is 110 Å². The van der Waals surface area contributed by atoms with Crippen molar-refractivity contribution < 1.29 is 22.5 Å². The van der Waals surface area contributed by atoms with E-state index >= 15 is 0 Å². The lowest BCUT2D eigenvalue weighted by atomic mass is 10.0. The van der Waals surface area contributed by atoms with Crippen molar-refractivity contribution in [3.63, 3.8) is 0 Å². The second-order valence-electron chi connectivity index (χ2n) is 5.08. The molecule has 1 amide bonds. The number of benzene rings is 1. The molecule has 0 radical (unpaired) electrons. The van der Waals surface area contributed by atoms with Gasteiger partial charge in [0.15, 0.2) is 0 Å². The van der Waals surface area contributed by atoms with Crippen LogP contribution < -0.4 is 5.73 Å². The first-order valence-corrected chi connectivity index (χ1v) is 7.94. The highest BCUT2D eigenvalue weighted by Crippen LogP contribution is 2.20. The zero-order valence-electron chi connectivity index (χ0n) is 11.6. The zero-order chi connectivity index (χ0) is 15.6. The second kappa shape index (κ2) is 6.00. The Morgan fingerprint density at radius 1 is 1.38 bits per heavy atom. The van der Waals surface area contributed by atoms with Crippen molar-refractivity contribution >= 4 is 16.2 Å². The number of carboxylic acid groups (broad SMARTS) is 1. The van der Waals surface area contributed by atoms with Crippen molar-refractivity contribution in [3.8, 4) is 0 Å². The van der Waals surface area contributed by atoms with Crippen LogP contribution in [0, 0.1) is 6.92 Å². The van der Waals surface area contributed by atoms with E-state index in [0.29, 0.717) is 0 Å². The third-order valence-electron chi connectivity index (χ3n) is 3.42. The molecule has 21 heavy (non-hydrogen) atoms. The van der Waals surface area contributed by atoms with Gasteiger partial charge in [0.05, 0.1) is 17.0 Å². The van der Waals surface area contributed by atoms with E-state index in [1.165, 1.54) is 12.1 Å². The summed E-state index contributed by atoms with van der Waals surface area (Å²) >= 11 is 0. The third kappa shape index (κ3) is 3.72. The Morgan fingerprint density at radius 3 is 2.52 bits per heavy atom. The molecule has 116 valence electrons. The molecule has 0 aliphatic carbocycles. The normalized spacial score (nSPS) is 23.0. The van der Waals surface area contributed by atoms with E-state index in [4.69, 9.17) is 15.0 Å². The van der Waals surface area contributed by atoms with Gasteiger partial charge in [0, 0.05) is 13.1 Å². The minimum absolute atomic E-state index is 0.0589. The molecule has 2 atom stereocenters. The summed E-state index contributed by atoms with van der Waals surface area (Å²) in [4.78, 5) is 12.1. The van der Waals surface area contributed by atoms with Crippen LogP contribution in [0.3, 0.4) is 0 Å². The first kappa shape index (κ1) is 15.7. The lowest BCUT2D eigenvalue weighted by Crippen LogP contribution is -2.54. The maximum Gasteiger partial charge on any atom is 0.407 e. The molecule has 0 bridgehead atoms. The van der Waals surface area contributed by atoms with Crippen LogP contribution in [0.2, 0.25) is 0 Å². The molecule has 2 rings (SSSR count). The number of likely N-dealkylation sites (tertiary alicyclic amines) is 1. The van der Waals surface area contributed by atoms with Gasteiger partial charge in [-0.2, -0.15) is 8.42 Å². The standard InChI is InChI=1S/C13H18N2O5S/c1-9-2-4-10(5-3-9)21(18,19)20-12-6-7-15(13(16)17)8-11(12)14/h2-5,11-12H,6-8,14H2,1H3,(H,16,17). The van der Waals surface area contributed by atoms with Crippen LogP contribution in [0.1, 0.15) is 12.0 Å². The molecule has 0 saturated carbocycles. The molecular weight excluding hydrogens is 296 g/mol. The predicted octanol–water partition coefficient (Wildman–Crippen LogP) is 0.780. The number of carbonyl (C=O) groups is 1. The maximum atomic E-state index is 12.2. The molecule has 1 fully saturated rings. The van der Waals surface area contributed by atoms with Crippen LogP contribution in [0.5, 0.6) is 0 Å². The Bertz CT molecular complexity index is 614. The highest BCUT2D eigenvalue weighted by atomic mass is 32.2. The number of hydrogen-bond acceptors (Lipinski definition) is 5. The van der Waals surface area contributed by atoms with E-state index in [1.807, 2.05) is 6.92 Å². The average molecular weight is 314 g/mol. The molecule has 3 N–H and O–H groups in total. The summed E-state index contributed by atoms with van der Waals surface area (Å²) in [5.41, 5.74) is 6.77. The minimum atomic E-state index is -3.89. The molecule has 1 aromatic carbocycles. The summed E-state index contributed by atoms with van der Waals surface area (Å²) < 4.78 is 29.5. The quantitative estimate of drug-likeness (QED) is 0.798. The number of nitrogens with two attached hydrogens (primary N) is 1. The summed E-state index contributed by atoms with van der Waals surface area (Å²) in [5, 5.41) is 8.89. The van der Waals surface area contributed by atoms with Gasteiger partial charge in [0.2, 0.25) is 0 Å². The van der Waals surface area contributed by atoms with Crippen molar-refractivity contribution in [2.75, 3.05) is 13.1 Å². The maximum absolute atomic E-state index is 12.2. The number of rotatable bonds is 3. The fourth-order valence-corrected chi connectivity index (χ4v) is 3.32. The van der Waals surface area contributed by atoms with Gasteiger partial charge >= 0.3 is 6.09 Å². The van der Waals surface area contributed by atoms with Gasteiger partial charge in [-0.15, -0.1) is 0 Å². The molecule has 1 aromatic rings. The van der Waals surface area contributed by atoms with Crippen LogP contribution >= 0.6 is 0 Å². The van der Waals surface area contributed by atoms with Crippen molar-refractivity contribution in [1.29, 1.82) is 0 Å². The molecular formula is C13H18N2O5S. The largest absolute Gasteiger partial charge is 0.465 e. The molecule has 0 aromatic heterocycles. The summed E-state index contributed by atoms with van der Waals surface area (Å²) in [7, 11) is -3.89. The van der Waals surface area contributed by atoms with Gasteiger partial charge in [0.1, 0.15) is 0 Å². The van der Waals surface area contributed by atoms with E-state index in [2.05, 4.69) is 0 Å². The van der Waals surface area contributed by atoms with Gasteiger partial charge < -0.3 is 15.7 Å². The molecule has 1 heterocycles. The zero-order valence-corrected chi connectivity index (χ0v) is 12.4. The van der Waals surface area contributed by atoms with Crippen molar-refractivity contribution in [2.24, 2.45) is 5.73 Å². The summed E-state index contributed by atoms with van der Waals surface area (Å²) in [6.07, 6.45) is -1.53. The number of amides is 1. The van der Waals surface area contributed by atoms with Crippen molar-refractivity contribution in [1.82, 2.24) is 4.90 Å². The summed E-state index contributed by atoms with van der Waals surface area (Å²) in [6, 6.07) is 5.65. The van der Waals surface area contributed by atoms with Crippen LogP contribution in [-0.2, 0) is 14.3 Å². The van der Waals surface area contributed by atoms with E-state index in [9.17, 15) is 13.2 Å². The Labute approximate surface area is 123 Å². The number of aryl methyl sites for hydroxylation is 1. The summed E-state index contributed by atoms with van der Waals surface area (Å²) in [5.74, 6) is 0. The Balaban J connectivity index is 2.07. The monoisotopic (exact) mass is 314 g/mol. The second-order valence-corrected chi connectivity index (χ2v) is 6.66. The van der Waals surface area contributed by atoms with Gasteiger partial charge in [-0.05, 0) is 25.5 Å². The lowest BCUT2D eigenvalue weighted by molar-refractivity contribution is 0.0780. The van der Waals surface area contributed by atoms with Crippen LogP contribution in [0.15, 0.2) is 29.2 Å². The van der Waals surface area contributed by atoms with E-state index < -0.39 is 28.4 Å². The minimum Gasteiger partial charge on any atom is -0.465 e. The number of piperidine rings is 1. The van der Waals surface area contributed by atoms with Crippen molar-refractivity contribution in [2.45, 2.75) is 30.4 Å². The van der Waals surface area contributed by atoms with Crippen LogP contribution in [-0.4, -0.2) is 49.8 Å². The Morgan fingerprint density at radius 2 is 2.00 bits per heavy atom. The molecule has 1 aliphatic heterocycles. The molecule has 8 heteroatoms. The highest BCUT2D eigenvalue weighted by molar-refractivity contribution is 7.86. The number of hydrogen-bond donors (Lipinski definition) is 2. The summed E-state index contributed by atoms with van der Waals surface area (Å²) in [6.45, 7) is 2.12. The Kier molecular flexibility index (Phi) is 4.50. The third-order valence-corrected chi connectivity index (χ3v) is 4.77. The average Bonchev–Trinajstić information content (AvgIpc) is 2.41. The van der Waals surface area contributed by atoms with Crippen LogP contribution in [0.4, 0.5) is 4.79 Å². The van der Waals surface area contributed by atoms with Crippen LogP contribution in [0.25, 0.3) is 0 Å². The molecule has 0 spiro atoms. The van der Waals surface area contributed by atoms with E-state index in [0.717, 1.165) is 10.5 Å². The predicted molar refractivity (Wildman–Crippen MR) is 75.4 cm³/mol. The fourth-order valence-electron chi connectivity index (χ4n) is 2.18. The molecule has 7 nitrogen and oxygen atoms in total. The molecule has 1 saturated heterocycles. The fraction of sp³-hybridized carbons (Fsp3) is 0.462. The molecule has 2 unspecified atom stereocenters.